The van der Waals surface area contributed by atoms with E-state index in [4.69, 9.17) is 9.47 Å². The molecule has 0 saturated heterocycles. The fourth-order valence-corrected chi connectivity index (χ4v) is 5.48. The Labute approximate surface area is 240 Å². The number of ether oxygens (including phenoxy) is 2. The summed E-state index contributed by atoms with van der Waals surface area (Å²) in [5, 5.41) is 14.1. The van der Waals surface area contributed by atoms with Gasteiger partial charge in [-0.05, 0) is 47.9 Å². The number of aromatic nitrogens is 3. The maximum Gasteiger partial charge on any atom is 0.341 e. The molecule has 0 fully saturated rings. The van der Waals surface area contributed by atoms with Gasteiger partial charge in [0.25, 0.3) is 0 Å². The van der Waals surface area contributed by atoms with Crippen molar-refractivity contribution in [3.63, 3.8) is 0 Å². The van der Waals surface area contributed by atoms with Crippen LogP contribution < -0.4 is 10.1 Å². The van der Waals surface area contributed by atoms with Crippen LogP contribution in [0.5, 0.6) is 5.75 Å². The molecule has 0 spiro atoms. The highest BCUT2D eigenvalue weighted by Crippen LogP contribution is 2.36. The van der Waals surface area contributed by atoms with Gasteiger partial charge in [-0.15, -0.1) is 28.1 Å². The number of halogens is 1. The van der Waals surface area contributed by atoms with Gasteiger partial charge >= 0.3 is 5.97 Å². The molecule has 11 heteroatoms. The Kier molecular flexibility index (Phi) is 9.73. The van der Waals surface area contributed by atoms with Crippen molar-refractivity contribution in [3.8, 4) is 28.3 Å². The van der Waals surface area contributed by atoms with Crippen LogP contribution in [0.25, 0.3) is 22.5 Å². The molecule has 0 aliphatic heterocycles. The number of amides is 1. The SMILES string of the molecule is C=CCn1c(SCC(=O)Nc2scc(-c3ccc(F)cc3)c2C(=O)OC)nnc1-c1ccc(OCC(C)C)cc1. The predicted molar refractivity (Wildman–Crippen MR) is 156 cm³/mol. The lowest BCUT2D eigenvalue weighted by atomic mass is 10.0. The molecule has 2 heterocycles. The van der Waals surface area contributed by atoms with Crippen LogP contribution >= 0.6 is 23.1 Å². The van der Waals surface area contributed by atoms with Crippen LogP contribution in [0.1, 0.15) is 24.2 Å². The number of carbonyl (C=O) groups excluding carboxylic acids is 2. The van der Waals surface area contributed by atoms with E-state index in [0.29, 0.717) is 46.2 Å². The number of hydrogen-bond donors (Lipinski definition) is 1. The van der Waals surface area contributed by atoms with E-state index in [1.165, 1.54) is 42.3 Å². The number of anilines is 1. The summed E-state index contributed by atoms with van der Waals surface area (Å²) >= 11 is 2.42. The van der Waals surface area contributed by atoms with Crippen LogP contribution in [-0.4, -0.2) is 46.1 Å². The van der Waals surface area contributed by atoms with Crippen molar-refractivity contribution in [3.05, 3.63) is 77.9 Å². The maximum absolute atomic E-state index is 13.4. The highest BCUT2D eigenvalue weighted by Gasteiger charge is 2.23. The van der Waals surface area contributed by atoms with Crippen molar-refractivity contribution in [2.45, 2.75) is 25.5 Å². The lowest BCUT2D eigenvalue weighted by Crippen LogP contribution is -2.16. The van der Waals surface area contributed by atoms with Crippen molar-refractivity contribution in [1.29, 1.82) is 0 Å². The van der Waals surface area contributed by atoms with Crippen molar-refractivity contribution >= 4 is 40.0 Å². The second-order valence-electron chi connectivity index (χ2n) is 9.12. The average molecular weight is 581 g/mol. The van der Waals surface area contributed by atoms with Crippen molar-refractivity contribution in [1.82, 2.24) is 14.8 Å². The van der Waals surface area contributed by atoms with Gasteiger partial charge in [-0.25, -0.2) is 9.18 Å². The van der Waals surface area contributed by atoms with Crippen molar-refractivity contribution in [2.75, 3.05) is 24.8 Å². The van der Waals surface area contributed by atoms with Crippen LogP contribution in [0.4, 0.5) is 9.39 Å². The van der Waals surface area contributed by atoms with Gasteiger partial charge in [-0.1, -0.05) is 43.8 Å². The lowest BCUT2D eigenvalue weighted by molar-refractivity contribution is -0.113. The summed E-state index contributed by atoms with van der Waals surface area (Å²) in [4.78, 5) is 25.5. The third-order valence-electron chi connectivity index (χ3n) is 5.65. The number of esters is 1. The Balaban J connectivity index is 1.48. The molecule has 0 radical (unpaired) electrons. The number of carbonyl (C=O) groups is 2. The van der Waals surface area contributed by atoms with E-state index in [0.717, 1.165) is 11.3 Å². The first-order valence-corrected chi connectivity index (χ1v) is 14.3. The molecular formula is C29H29FN4O4S2. The molecule has 40 heavy (non-hydrogen) atoms. The van der Waals surface area contributed by atoms with E-state index in [1.54, 1.807) is 23.6 Å². The van der Waals surface area contributed by atoms with Crippen LogP contribution in [0.3, 0.4) is 0 Å². The normalized spacial score (nSPS) is 10.9. The summed E-state index contributed by atoms with van der Waals surface area (Å²) < 4.78 is 26.0. The Hall–Kier alpha value is -3.96. The first-order chi connectivity index (χ1) is 19.3. The molecule has 2 aromatic carbocycles. The number of hydrogen-bond acceptors (Lipinski definition) is 8. The van der Waals surface area contributed by atoms with Gasteiger partial charge < -0.3 is 14.8 Å². The van der Waals surface area contributed by atoms with E-state index in [-0.39, 0.29) is 23.0 Å². The van der Waals surface area contributed by atoms with E-state index in [1.807, 2.05) is 28.8 Å². The number of allylic oxidation sites excluding steroid dienone is 1. The molecule has 2 aromatic heterocycles. The number of nitrogens with one attached hydrogen (secondary N) is 1. The van der Waals surface area contributed by atoms with Gasteiger partial charge in [0.2, 0.25) is 5.91 Å². The number of methoxy groups -OCH3 is 1. The largest absolute Gasteiger partial charge is 0.493 e. The monoisotopic (exact) mass is 580 g/mol. The number of nitrogens with zero attached hydrogens (tertiary/aromatic N) is 3. The number of thioether (sulfide) groups is 1. The van der Waals surface area contributed by atoms with Gasteiger partial charge in [-0.2, -0.15) is 0 Å². The summed E-state index contributed by atoms with van der Waals surface area (Å²) in [5.41, 5.74) is 2.26. The molecule has 1 N–H and O–H groups in total. The van der Waals surface area contributed by atoms with Gasteiger partial charge in [0.1, 0.15) is 22.1 Å². The van der Waals surface area contributed by atoms with Crippen molar-refractivity contribution < 1.29 is 23.5 Å². The molecule has 8 nitrogen and oxygen atoms in total. The van der Waals surface area contributed by atoms with E-state index in [2.05, 4.69) is 35.9 Å². The Bertz CT molecular complexity index is 1480. The quantitative estimate of drug-likeness (QED) is 0.115. The van der Waals surface area contributed by atoms with Gasteiger partial charge in [0.05, 0.1) is 19.5 Å². The molecule has 0 saturated carbocycles. The summed E-state index contributed by atoms with van der Waals surface area (Å²) in [5.74, 6) is 0.569. The van der Waals surface area contributed by atoms with Crippen LogP contribution in [0.2, 0.25) is 0 Å². The first-order valence-electron chi connectivity index (χ1n) is 12.5. The number of benzene rings is 2. The maximum atomic E-state index is 13.4. The highest BCUT2D eigenvalue weighted by atomic mass is 32.2. The highest BCUT2D eigenvalue weighted by molar-refractivity contribution is 7.99. The van der Waals surface area contributed by atoms with Gasteiger partial charge in [-0.3, -0.25) is 9.36 Å². The minimum absolute atomic E-state index is 0.0294. The molecule has 0 aliphatic carbocycles. The van der Waals surface area contributed by atoms with Gasteiger partial charge in [0.15, 0.2) is 11.0 Å². The average Bonchev–Trinajstić information content (AvgIpc) is 3.55. The van der Waals surface area contributed by atoms with Crippen molar-refractivity contribution in [2.24, 2.45) is 5.92 Å². The standard InChI is InChI=1S/C29H29FN4O4S2/c1-5-14-34-26(20-8-12-22(13-9-20)38-15-18(2)3)32-33-29(34)40-17-24(35)31-27-25(28(36)37-4)23(16-39-27)19-6-10-21(30)11-7-19/h5-13,16,18H,1,14-15,17H2,2-4H3,(H,31,35). The first kappa shape index (κ1) is 29.0. The van der Waals surface area contributed by atoms with Crippen LogP contribution in [0.15, 0.2) is 71.7 Å². The second-order valence-corrected chi connectivity index (χ2v) is 10.9. The van der Waals surface area contributed by atoms with E-state index < -0.39 is 5.97 Å². The Morgan fingerprint density at radius 1 is 1.12 bits per heavy atom. The molecule has 0 atom stereocenters. The zero-order valence-corrected chi connectivity index (χ0v) is 24.0. The zero-order chi connectivity index (χ0) is 28.6. The van der Waals surface area contributed by atoms with Crippen LogP contribution in [-0.2, 0) is 16.1 Å². The lowest BCUT2D eigenvalue weighted by Gasteiger charge is -2.10. The summed E-state index contributed by atoms with van der Waals surface area (Å²) in [6.07, 6.45) is 1.74. The number of thiophene rings is 1. The third kappa shape index (κ3) is 6.97. The smallest absolute Gasteiger partial charge is 0.341 e. The van der Waals surface area contributed by atoms with E-state index in [9.17, 15) is 14.0 Å². The molecule has 0 bridgehead atoms. The molecule has 0 aliphatic rings. The Morgan fingerprint density at radius 3 is 2.48 bits per heavy atom. The minimum Gasteiger partial charge on any atom is -0.493 e. The summed E-state index contributed by atoms with van der Waals surface area (Å²) in [6, 6.07) is 13.4. The summed E-state index contributed by atoms with van der Waals surface area (Å²) in [6.45, 7) is 9.11. The predicted octanol–water partition coefficient (Wildman–Crippen LogP) is 6.55. The molecular weight excluding hydrogens is 551 g/mol. The second kappa shape index (κ2) is 13.4. The van der Waals surface area contributed by atoms with E-state index >= 15 is 0 Å². The third-order valence-corrected chi connectivity index (χ3v) is 7.51. The fraction of sp³-hybridized carbons (Fsp3) is 0.241. The molecule has 208 valence electrons. The molecule has 4 aromatic rings. The van der Waals surface area contributed by atoms with Gasteiger partial charge in [0, 0.05) is 23.1 Å². The Morgan fingerprint density at radius 2 is 1.82 bits per heavy atom. The minimum atomic E-state index is -0.598. The topological polar surface area (TPSA) is 95.3 Å². The molecule has 1 amide bonds. The molecule has 0 unspecified atom stereocenters. The number of rotatable bonds is 12. The summed E-state index contributed by atoms with van der Waals surface area (Å²) in [7, 11) is 1.27. The molecule has 4 rings (SSSR count). The zero-order valence-electron chi connectivity index (χ0n) is 22.3. The van der Waals surface area contributed by atoms with Crippen LogP contribution in [0, 0.1) is 11.7 Å². The fourth-order valence-electron chi connectivity index (χ4n) is 3.76.